The second kappa shape index (κ2) is 8.41. The molecule has 3 heterocycles. The van der Waals surface area contributed by atoms with Gasteiger partial charge >= 0.3 is 0 Å². The van der Waals surface area contributed by atoms with Crippen LogP contribution in [0.4, 0.5) is 5.95 Å². The number of nitrogens with zero attached hydrogens (tertiary/aromatic N) is 7. The van der Waals surface area contributed by atoms with Gasteiger partial charge in [0.1, 0.15) is 0 Å². The molecular weight excluding hydrogens is 414 g/mol. The summed E-state index contributed by atoms with van der Waals surface area (Å²) in [5, 5.41) is 13.1. The van der Waals surface area contributed by atoms with E-state index in [1.807, 2.05) is 36.4 Å². The molecule has 0 unspecified atom stereocenters. The largest absolute Gasteiger partial charge is 0.378 e. The molecule has 0 amide bonds. The summed E-state index contributed by atoms with van der Waals surface area (Å²) in [7, 11) is 0. The molecule has 0 aliphatic carbocycles. The van der Waals surface area contributed by atoms with E-state index in [0.29, 0.717) is 30.0 Å². The third-order valence-electron chi connectivity index (χ3n) is 5.25. The van der Waals surface area contributed by atoms with E-state index in [-0.39, 0.29) is 0 Å². The van der Waals surface area contributed by atoms with Gasteiger partial charge in [-0.3, -0.25) is 0 Å². The van der Waals surface area contributed by atoms with Gasteiger partial charge in [0.2, 0.25) is 5.95 Å². The molecule has 0 atom stereocenters. The number of benzene rings is 2. The smallest absolute Gasteiger partial charge is 0.226 e. The zero-order valence-electron chi connectivity index (χ0n) is 16.9. The molecule has 1 aliphatic rings. The average Bonchev–Trinajstić information content (AvgIpc) is 3.30. The first-order valence-electron chi connectivity index (χ1n) is 10.0. The van der Waals surface area contributed by atoms with Crippen LogP contribution in [-0.4, -0.2) is 56.5 Å². The van der Waals surface area contributed by atoms with E-state index in [1.54, 1.807) is 10.9 Å². The molecule has 156 valence electrons. The van der Waals surface area contributed by atoms with Crippen molar-refractivity contribution in [3.8, 4) is 28.3 Å². The zero-order chi connectivity index (χ0) is 21.2. The lowest BCUT2D eigenvalue weighted by molar-refractivity contribution is 0.122. The third kappa shape index (κ3) is 3.87. The molecule has 0 saturated carbocycles. The van der Waals surface area contributed by atoms with Gasteiger partial charge in [-0.25, -0.2) is 9.97 Å². The Balaban J connectivity index is 1.66. The van der Waals surface area contributed by atoms with Gasteiger partial charge in [-0.05, 0) is 47.2 Å². The number of anilines is 1. The average molecular weight is 434 g/mol. The first kappa shape index (κ1) is 19.6. The van der Waals surface area contributed by atoms with E-state index in [1.165, 1.54) is 0 Å². The van der Waals surface area contributed by atoms with Gasteiger partial charge in [0.25, 0.3) is 0 Å². The monoisotopic (exact) mass is 433 g/mol. The van der Waals surface area contributed by atoms with E-state index >= 15 is 0 Å². The predicted molar refractivity (Wildman–Crippen MR) is 118 cm³/mol. The quantitative estimate of drug-likeness (QED) is 0.486. The van der Waals surface area contributed by atoms with Gasteiger partial charge in [-0.2, -0.15) is 4.68 Å². The molecule has 0 radical (unpaired) electrons. The minimum absolute atomic E-state index is 0.564. The molecule has 1 saturated heterocycles. The van der Waals surface area contributed by atoms with Gasteiger partial charge in [-0.1, -0.05) is 35.9 Å². The van der Waals surface area contributed by atoms with Crippen LogP contribution in [0.5, 0.6) is 0 Å². The number of morpholine rings is 1. The summed E-state index contributed by atoms with van der Waals surface area (Å²) >= 11 is 6.05. The highest BCUT2D eigenvalue weighted by Crippen LogP contribution is 2.33. The Labute approximate surface area is 184 Å². The van der Waals surface area contributed by atoms with Crippen LogP contribution in [0.1, 0.15) is 5.56 Å². The van der Waals surface area contributed by atoms with E-state index in [4.69, 9.17) is 21.3 Å². The summed E-state index contributed by atoms with van der Waals surface area (Å²) in [5.74, 6) is 1.24. The summed E-state index contributed by atoms with van der Waals surface area (Å²) in [6.45, 7) is 4.92. The molecule has 0 bridgehead atoms. The zero-order valence-corrected chi connectivity index (χ0v) is 17.7. The Morgan fingerprint density at radius 3 is 2.52 bits per heavy atom. The van der Waals surface area contributed by atoms with Crippen LogP contribution in [0.2, 0.25) is 5.02 Å². The second-order valence-electron chi connectivity index (χ2n) is 7.24. The van der Waals surface area contributed by atoms with Crippen LogP contribution in [0.15, 0.2) is 54.7 Å². The Kier molecular flexibility index (Phi) is 5.31. The van der Waals surface area contributed by atoms with Gasteiger partial charge in [0.05, 0.1) is 30.2 Å². The summed E-state index contributed by atoms with van der Waals surface area (Å²) < 4.78 is 7.15. The molecule has 0 spiro atoms. The van der Waals surface area contributed by atoms with E-state index in [0.717, 1.165) is 41.2 Å². The summed E-state index contributed by atoms with van der Waals surface area (Å²) in [4.78, 5) is 11.8. The van der Waals surface area contributed by atoms with Crippen molar-refractivity contribution in [1.29, 1.82) is 0 Å². The van der Waals surface area contributed by atoms with Crippen molar-refractivity contribution >= 4 is 17.5 Å². The lowest BCUT2D eigenvalue weighted by Crippen LogP contribution is -2.37. The first-order valence-corrected chi connectivity index (χ1v) is 10.4. The van der Waals surface area contributed by atoms with Crippen molar-refractivity contribution in [3.63, 3.8) is 0 Å². The fourth-order valence-corrected chi connectivity index (χ4v) is 3.73. The summed E-state index contributed by atoms with van der Waals surface area (Å²) in [5.41, 5.74) is 4.48. The lowest BCUT2D eigenvalue weighted by Gasteiger charge is -2.27. The molecule has 31 heavy (non-hydrogen) atoms. The maximum atomic E-state index is 6.05. The van der Waals surface area contributed by atoms with Crippen molar-refractivity contribution in [1.82, 2.24) is 30.2 Å². The van der Waals surface area contributed by atoms with E-state index < -0.39 is 0 Å². The molecule has 8 nitrogen and oxygen atoms in total. The molecule has 0 N–H and O–H groups in total. The first-order chi connectivity index (χ1) is 15.2. The van der Waals surface area contributed by atoms with Gasteiger partial charge in [0.15, 0.2) is 5.82 Å². The number of aromatic nitrogens is 6. The number of ether oxygens (including phenoxy) is 1. The standard InChI is InChI=1S/C22H20ClN7O/c1-15-4-2-3-5-18(15)20-19(14-24-22(25-20)29-10-12-31-13-11-29)21-26-27-28-30(21)17-8-6-16(23)7-9-17/h2-9,14H,10-13H2,1H3. The van der Waals surface area contributed by atoms with Crippen LogP contribution >= 0.6 is 11.6 Å². The Morgan fingerprint density at radius 1 is 0.968 bits per heavy atom. The fourth-order valence-electron chi connectivity index (χ4n) is 3.61. The van der Waals surface area contributed by atoms with Gasteiger partial charge in [-0.15, -0.1) is 5.10 Å². The topological polar surface area (TPSA) is 81.8 Å². The van der Waals surface area contributed by atoms with Crippen molar-refractivity contribution in [3.05, 3.63) is 65.3 Å². The van der Waals surface area contributed by atoms with Crippen molar-refractivity contribution in [2.75, 3.05) is 31.2 Å². The van der Waals surface area contributed by atoms with Crippen molar-refractivity contribution < 1.29 is 4.74 Å². The molecule has 2 aromatic heterocycles. The number of tetrazole rings is 1. The normalized spacial score (nSPS) is 14.1. The van der Waals surface area contributed by atoms with Crippen LogP contribution in [0, 0.1) is 6.92 Å². The van der Waals surface area contributed by atoms with Crippen LogP contribution in [-0.2, 0) is 4.74 Å². The Bertz CT molecular complexity index is 1200. The van der Waals surface area contributed by atoms with Crippen molar-refractivity contribution in [2.24, 2.45) is 0 Å². The minimum Gasteiger partial charge on any atom is -0.378 e. The van der Waals surface area contributed by atoms with E-state index in [9.17, 15) is 0 Å². The Hall–Kier alpha value is -3.36. The fraction of sp³-hybridized carbons (Fsp3) is 0.227. The SMILES string of the molecule is Cc1ccccc1-c1nc(N2CCOCC2)ncc1-c1nnnn1-c1ccc(Cl)cc1. The molecule has 5 rings (SSSR count). The molecular formula is C22H20ClN7O. The maximum absolute atomic E-state index is 6.05. The number of aryl methyl sites for hydroxylation is 1. The Morgan fingerprint density at radius 2 is 1.74 bits per heavy atom. The number of hydrogen-bond donors (Lipinski definition) is 0. The van der Waals surface area contributed by atoms with Crippen molar-refractivity contribution in [2.45, 2.75) is 6.92 Å². The highest BCUT2D eigenvalue weighted by Gasteiger charge is 2.22. The molecule has 9 heteroatoms. The number of rotatable bonds is 4. The molecule has 1 aliphatic heterocycles. The molecule has 4 aromatic rings. The van der Waals surface area contributed by atoms with E-state index in [2.05, 4.69) is 44.5 Å². The van der Waals surface area contributed by atoms with Crippen LogP contribution < -0.4 is 4.90 Å². The lowest BCUT2D eigenvalue weighted by atomic mass is 10.0. The number of hydrogen-bond acceptors (Lipinski definition) is 7. The van der Waals surface area contributed by atoms with Crippen LogP contribution in [0.3, 0.4) is 0 Å². The molecule has 1 fully saturated rings. The van der Waals surface area contributed by atoms with Gasteiger partial charge < -0.3 is 9.64 Å². The summed E-state index contributed by atoms with van der Waals surface area (Å²) in [6.07, 6.45) is 1.80. The second-order valence-corrected chi connectivity index (χ2v) is 7.67. The highest BCUT2D eigenvalue weighted by molar-refractivity contribution is 6.30. The minimum atomic E-state index is 0.564. The van der Waals surface area contributed by atoms with Gasteiger partial charge in [0, 0.05) is 29.9 Å². The predicted octanol–water partition coefficient (Wildman–Crippen LogP) is 3.58. The highest BCUT2D eigenvalue weighted by atomic mass is 35.5. The summed E-state index contributed by atoms with van der Waals surface area (Å²) in [6, 6.07) is 15.5. The third-order valence-corrected chi connectivity index (χ3v) is 5.50. The van der Waals surface area contributed by atoms with Crippen LogP contribution in [0.25, 0.3) is 28.3 Å². The maximum Gasteiger partial charge on any atom is 0.226 e. The molecule has 2 aromatic carbocycles. The number of halogens is 1.